The molecule has 0 aliphatic heterocycles. The standard InChI is InChI=1S/C11H18N4O3/c1-4-7(2)13-9(16)6-15-10(17)8(12)5-14(3)11(15)18/h5,7H,4,6,12H2,1-3H3,(H,13,16). The van der Waals surface area contributed by atoms with Crippen molar-refractivity contribution in [1.29, 1.82) is 0 Å². The fraction of sp³-hybridized carbons (Fsp3) is 0.545. The predicted octanol–water partition coefficient (Wildman–Crippen LogP) is -0.956. The molecule has 7 heteroatoms. The minimum atomic E-state index is -0.641. The summed E-state index contributed by atoms with van der Waals surface area (Å²) in [6.07, 6.45) is 2.02. The number of amides is 1. The number of hydrogen-bond donors (Lipinski definition) is 2. The second kappa shape index (κ2) is 5.52. The molecule has 1 heterocycles. The maximum absolute atomic E-state index is 11.7. The van der Waals surface area contributed by atoms with Crippen molar-refractivity contribution in [3.05, 3.63) is 27.0 Å². The van der Waals surface area contributed by atoms with Gasteiger partial charge in [0.05, 0.1) is 0 Å². The summed E-state index contributed by atoms with van der Waals surface area (Å²) < 4.78 is 2.00. The fourth-order valence-corrected chi connectivity index (χ4v) is 1.46. The molecule has 0 spiro atoms. The summed E-state index contributed by atoms with van der Waals surface area (Å²) in [4.78, 5) is 35.0. The van der Waals surface area contributed by atoms with E-state index in [0.717, 1.165) is 11.0 Å². The van der Waals surface area contributed by atoms with Crippen molar-refractivity contribution < 1.29 is 4.79 Å². The molecule has 0 aliphatic carbocycles. The van der Waals surface area contributed by atoms with E-state index in [1.807, 2.05) is 13.8 Å². The van der Waals surface area contributed by atoms with Crippen molar-refractivity contribution in [1.82, 2.24) is 14.5 Å². The van der Waals surface area contributed by atoms with Crippen LogP contribution in [0.15, 0.2) is 15.8 Å². The van der Waals surface area contributed by atoms with E-state index in [4.69, 9.17) is 5.73 Å². The zero-order chi connectivity index (χ0) is 13.9. The quantitative estimate of drug-likeness (QED) is 0.723. The molecule has 7 nitrogen and oxygen atoms in total. The average molecular weight is 254 g/mol. The molecule has 0 aromatic carbocycles. The Kier molecular flexibility index (Phi) is 4.30. The predicted molar refractivity (Wildman–Crippen MR) is 68.3 cm³/mol. The van der Waals surface area contributed by atoms with Crippen LogP contribution in [0.4, 0.5) is 5.69 Å². The first-order chi connectivity index (χ1) is 8.36. The Hall–Kier alpha value is -2.05. The summed E-state index contributed by atoms with van der Waals surface area (Å²) in [7, 11) is 1.47. The number of anilines is 1. The maximum Gasteiger partial charge on any atom is 0.331 e. The number of aryl methyl sites for hydroxylation is 1. The molecule has 0 bridgehead atoms. The third-order valence-electron chi connectivity index (χ3n) is 2.68. The summed E-state index contributed by atoms with van der Waals surface area (Å²) in [6, 6.07) is -0.00175. The van der Waals surface area contributed by atoms with Crippen LogP contribution in [-0.4, -0.2) is 21.1 Å². The number of aromatic nitrogens is 2. The average Bonchev–Trinajstić information content (AvgIpc) is 2.32. The van der Waals surface area contributed by atoms with Gasteiger partial charge in [-0.05, 0) is 13.3 Å². The second-order valence-electron chi connectivity index (χ2n) is 4.25. The van der Waals surface area contributed by atoms with Crippen LogP contribution < -0.4 is 22.3 Å². The molecule has 1 aromatic heterocycles. The number of carbonyl (C=O) groups excluding carboxylic acids is 1. The third kappa shape index (κ3) is 2.99. The maximum atomic E-state index is 11.7. The molecule has 0 radical (unpaired) electrons. The number of nitrogens with one attached hydrogen (secondary N) is 1. The lowest BCUT2D eigenvalue weighted by Crippen LogP contribution is -2.45. The first-order valence-electron chi connectivity index (χ1n) is 5.72. The van der Waals surface area contributed by atoms with Crippen molar-refractivity contribution in [2.45, 2.75) is 32.9 Å². The van der Waals surface area contributed by atoms with Crippen LogP contribution in [0.3, 0.4) is 0 Å². The van der Waals surface area contributed by atoms with Gasteiger partial charge in [-0.3, -0.25) is 9.59 Å². The largest absolute Gasteiger partial charge is 0.393 e. The molecule has 0 saturated carbocycles. The molecule has 18 heavy (non-hydrogen) atoms. The molecule has 0 saturated heterocycles. The Balaban J connectivity index is 3.02. The van der Waals surface area contributed by atoms with Crippen LogP contribution in [0.2, 0.25) is 0 Å². The molecule has 1 amide bonds. The minimum absolute atomic E-state index is 0.00175. The SMILES string of the molecule is CCC(C)NC(=O)Cn1c(=O)c(N)cn(C)c1=O. The van der Waals surface area contributed by atoms with E-state index < -0.39 is 11.2 Å². The normalized spacial score (nSPS) is 12.2. The zero-order valence-electron chi connectivity index (χ0n) is 10.8. The molecule has 0 fully saturated rings. The zero-order valence-corrected chi connectivity index (χ0v) is 10.8. The molecular weight excluding hydrogens is 236 g/mol. The van der Waals surface area contributed by atoms with Gasteiger partial charge in [-0.25, -0.2) is 9.36 Å². The smallest absolute Gasteiger partial charge is 0.331 e. The molecule has 1 rings (SSSR count). The Morgan fingerprint density at radius 2 is 2.11 bits per heavy atom. The summed E-state index contributed by atoms with van der Waals surface area (Å²) >= 11 is 0. The Labute approximate surface area is 104 Å². The Morgan fingerprint density at radius 3 is 2.67 bits per heavy atom. The lowest BCUT2D eigenvalue weighted by molar-refractivity contribution is -0.122. The topological polar surface area (TPSA) is 99.1 Å². The van der Waals surface area contributed by atoms with Crippen LogP contribution in [-0.2, 0) is 18.4 Å². The molecule has 3 N–H and O–H groups in total. The molecule has 1 aromatic rings. The number of rotatable bonds is 4. The summed E-state index contributed by atoms with van der Waals surface area (Å²) in [5.41, 5.74) is 4.20. The van der Waals surface area contributed by atoms with Gasteiger partial charge >= 0.3 is 5.69 Å². The van der Waals surface area contributed by atoms with Crippen molar-refractivity contribution in [3.63, 3.8) is 0 Å². The fourth-order valence-electron chi connectivity index (χ4n) is 1.46. The first-order valence-corrected chi connectivity index (χ1v) is 5.72. The summed E-state index contributed by atoms with van der Waals surface area (Å²) in [5, 5.41) is 2.68. The van der Waals surface area contributed by atoms with E-state index in [1.54, 1.807) is 0 Å². The molecular formula is C11H18N4O3. The van der Waals surface area contributed by atoms with Gasteiger partial charge in [0, 0.05) is 19.3 Å². The monoisotopic (exact) mass is 254 g/mol. The molecule has 0 aliphatic rings. The first kappa shape index (κ1) is 14.0. The number of nitrogen functional groups attached to an aromatic ring is 1. The van der Waals surface area contributed by atoms with Gasteiger partial charge < -0.3 is 15.6 Å². The molecule has 100 valence electrons. The van der Waals surface area contributed by atoms with Crippen LogP contribution >= 0.6 is 0 Å². The minimum Gasteiger partial charge on any atom is -0.393 e. The van der Waals surface area contributed by atoms with Crippen LogP contribution in [0, 0.1) is 0 Å². The number of carbonyl (C=O) groups is 1. The Morgan fingerprint density at radius 1 is 1.50 bits per heavy atom. The Bertz CT molecular complexity index is 524. The van der Waals surface area contributed by atoms with Crippen LogP contribution in [0.25, 0.3) is 0 Å². The summed E-state index contributed by atoms with van der Waals surface area (Å²) in [6.45, 7) is 3.45. The van der Waals surface area contributed by atoms with Crippen molar-refractivity contribution >= 4 is 11.6 Å². The van der Waals surface area contributed by atoms with E-state index >= 15 is 0 Å². The van der Waals surface area contributed by atoms with Crippen LogP contribution in [0.1, 0.15) is 20.3 Å². The number of nitrogens with zero attached hydrogens (tertiary/aromatic N) is 2. The van der Waals surface area contributed by atoms with Crippen LogP contribution in [0.5, 0.6) is 0 Å². The summed E-state index contributed by atoms with van der Waals surface area (Å²) in [5.74, 6) is -0.380. The highest BCUT2D eigenvalue weighted by atomic mass is 16.2. The second-order valence-corrected chi connectivity index (χ2v) is 4.25. The van der Waals surface area contributed by atoms with Gasteiger partial charge in [0.1, 0.15) is 12.2 Å². The van der Waals surface area contributed by atoms with Crippen molar-refractivity contribution in [2.24, 2.45) is 7.05 Å². The van der Waals surface area contributed by atoms with Gasteiger partial charge in [-0.15, -0.1) is 0 Å². The van der Waals surface area contributed by atoms with Crippen molar-refractivity contribution in [3.8, 4) is 0 Å². The molecule has 1 atom stereocenters. The lowest BCUT2D eigenvalue weighted by atomic mass is 10.2. The lowest BCUT2D eigenvalue weighted by Gasteiger charge is -2.12. The van der Waals surface area contributed by atoms with E-state index in [1.165, 1.54) is 17.8 Å². The van der Waals surface area contributed by atoms with E-state index in [0.29, 0.717) is 0 Å². The molecule has 1 unspecified atom stereocenters. The third-order valence-corrected chi connectivity index (χ3v) is 2.68. The number of hydrogen-bond acceptors (Lipinski definition) is 4. The van der Waals surface area contributed by atoms with E-state index in [9.17, 15) is 14.4 Å². The van der Waals surface area contributed by atoms with Gasteiger partial charge in [-0.1, -0.05) is 6.92 Å². The number of nitrogens with two attached hydrogens (primary N) is 1. The van der Waals surface area contributed by atoms with E-state index in [-0.39, 0.29) is 24.2 Å². The van der Waals surface area contributed by atoms with Crippen molar-refractivity contribution in [2.75, 3.05) is 5.73 Å². The van der Waals surface area contributed by atoms with Gasteiger partial charge in [0.15, 0.2) is 0 Å². The highest BCUT2D eigenvalue weighted by molar-refractivity contribution is 5.76. The van der Waals surface area contributed by atoms with E-state index in [2.05, 4.69) is 5.32 Å². The van der Waals surface area contributed by atoms with Gasteiger partial charge in [0.25, 0.3) is 5.56 Å². The van der Waals surface area contributed by atoms with Gasteiger partial charge in [-0.2, -0.15) is 0 Å². The highest BCUT2D eigenvalue weighted by Crippen LogP contribution is 1.90. The highest BCUT2D eigenvalue weighted by Gasteiger charge is 2.12. The van der Waals surface area contributed by atoms with Gasteiger partial charge in [0.2, 0.25) is 5.91 Å².